The van der Waals surface area contributed by atoms with Gasteiger partial charge in [-0.2, -0.15) is 4.98 Å². The maximum atomic E-state index is 4.67. The van der Waals surface area contributed by atoms with Crippen LogP contribution in [0.3, 0.4) is 0 Å². The maximum absolute atomic E-state index is 4.67. The lowest BCUT2D eigenvalue weighted by atomic mass is 10.1. The molecule has 3 rings (SSSR count). The van der Waals surface area contributed by atoms with E-state index in [0.29, 0.717) is 12.5 Å². The minimum absolute atomic E-state index is 0.0787. The van der Waals surface area contributed by atoms with Crippen molar-refractivity contribution >= 4 is 11.8 Å². The van der Waals surface area contributed by atoms with Crippen molar-refractivity contribution in [2.24, 2.45) is 0 Å². The van der Waals surface area contributed by atoms with Gasteiger partial charge in [0.2, 0.25) is 5.95 Å². The number of rotatable bonds is 5. The van der Waals surface area contributed by atoms with E-state index in [2.05, 4.69) is 58.5 Å². The third-order valence-corrected chi connectivity index (χ3v) is 3.50. The summed E-state index contributed by atoms with van der Waals surface area (Å²) in [6.45, 7) is 6.99. The van der Waals surface area contributed by atoms with Gasteiger partial charge in [-0.05, 0) is 38.5 Å². The fourth-order valence-electron chi connectivity index (χ4n) is 2.41. The molecule has 0 saturated heterocycles. The van der Waals surface area contributed by atoms with E-state index in [4.69, 9.17) is 0 Å². The Kier molecular flexibility index (Phi) is 4.93. The molecule has 3 aromatic rings. The molecule has 0 bridgehead atoms. The average Bonchev–Trinajstić information content (AvgIpc) is 2.60. The molecular formula is C20H23N5. The van der Waals surface area contributed by atoms with Gasteiger partial charge in [0, 0.05) is 36.1 Å². The van der Waals surface area contributed by atoms with Crippen molar-refractivity contribution in [3.05, 3.63) is 66.5 Å². The second-order valence-corrected chi connectivity index (χ2v) is 6.91. The predicted molar refractivity (Wildman–Crippen MR) is 102 cm³/mol. The molecule has 2 N–H and O–H groups in total. The highest BCUT2D eigenvalue weighted by atomic mass is 15.2. The summed E-state index contributed by atoms with van der Waals surface area (Å²) in [5.74, 6) is 1.41. The van der Waals surface area contributed by atoms with Crippen LogP contribution in [0.2, 0.25) is 0 Å². The number of anilines is 2. The second kappa shape index (κ2) is 7.30. The van der Waals surface area contributed by atoms with E-state index in [1.54, 1.807) is 12.4 Å². The molecule has 0 aliphatic carbocycles. The van der Waals surface area contributed by atoms with Gasteiger partial charge in [-0.25, -0.2) is 4.98 Å². The first kappa shape index (κ1) is 16.9. The molecule has 128 valence electrons. The Morgan fingerprint density at radius 1 is 0.920 bits per heavy atom. The molecule has 5 nitrogen and oxygen atoms in total. The molecule has 0 fully saturated rings. The van der Waals surface area contributed by atoms with E-state index in [1.165, 1.54) is 0 Å². The molecule has 2 aromatic heterocycles. The van der Waals surface area contributed by atoms with Crippen molar-refractivity contribution in [3.8, 4) is 11.3 Å². The molecule has 0 atom stereocenters. The van der Waals surface area contributed by atoms with Gasteiger partial charge in [0.25, 0.3) is 0 Å². The molecular weight excluding hydrogens is 310 g/mol. The molecule has 2 heterocycles. The number of nitrogens with one attached hydrogen (secondary N) is 2. The van der Waals surface area contributed by atoms with Gasteiger partial charge >= 0.3 is 0 Å². The monoisotopic (exact) mass is 333 g/mol. The quantitative estimate of drug-likeness (QED) is 0.726. The standard InChI is InChI=1S/C20H23N5/c1-20(2,3)25-18-13-17(16-7-5-4-6-8-16)23-19(24-18)22-14-15-9-11-21-12-10-15/h4-13H,14H2,1-3H3,(H2,22,23,24,25). The van der Waals surface area contributed by atoms with Gasteiger partial charge in [-0.15, -0.1) is 0 Å². The van der Waals surface area contributed by atoms with E-state index >= 15 is 0 Å². The van der Waals surface area contributed by atoms with Crippen LogP contribution < -0.4 is 10.6 Å². The Morgan fingerprint density at radius 3 is 2.32 bits per heavy atom. The van der Waals surface area contributed by atoms with Gasteiger partial charge < -0.3 is 10.6 Å². The smallest absolute Gasteiger partial charge is 0.225 e. The summed E-state index contributed by atoms with van der Waals surface area (Å²) in [6, 6.07) is 16.1. The first-order chi connectivity index (χ1) is 12.0. The Balaban J connectivity index is 1.89. The molecule has 0 saturated carbocycles. The SMILES string of the molecule is CC(C)(C)Nc1cc(-c2ccccc2)nc(NCc2ccncc2)n1. The minimum Gasteiger partial charge on any atom is -0.365 e. The van der Waals surface area contributed by atoms with E-state index < -0.39 is 0 Å². The third-order valence-electron chi connectivity index (χ3n) is 3.50. The zero-order valence-electron chi connectivity index (χ0n) is 14.8. The van der Waals surface area contributed by atoms with Crippen molar-refractivity contribution in [1.29, 1.82) is 0 Å². The van der Waals surface area contributed by atoms with Crippen LogP contribution in [0.15, 0.2) is 60.9 Å². The van der Waals surface area contributed by atoms with Gasteiger partial charge in [-0.3, -0.25) is 4.98 Å². The molecule has 0 aliphatic heterocycles. The van der Waals surface area contributed by atoms with Crippen molar-refractivity contribution in [3.63, 3.8) is 0 Å². The van der Waals surface area contributed by atoms with Crippen LogP contribution in [0.4, 0.5) is 11.8 Å². The Labute approximate surface area is 148 Å². The van der Waals surface area contributed by atoms with Crippen molar-refractivity contribution in [2.75, 3.05) is 10.6 Å². The number of nitrogens with zero attached hydrogens (tertiary/aromatic N) is 3. The zero-order valence-corrected chi connectivity index (χ0v) is 14.8. The molecule has 25 heavy (non-hydrogen) atoms. The highest BCUT2D eigenvalue weighted by molar-refractivity contribution is 5.64. The summed E-state index contributed by atoms with van der Waals surface area (Å²) >= 11 is 0. The highest BCUT2D eigenvalue weighted by Gasteiger charge is 2.13. The highest BCUT2D eigenvalue weighted by Crippen LogP contribution is 2.23. The topological polar surface area (TPSA) is 62.7 Å². The molecule has 0 aliphatic rings. The van der Waals surface area contributed by atoms with Gasteiger partial charge in [-0.1, -0.05) is 30.3 Å². The van der Waals surface area contributed by atoms with Crippen molar-refractivity contribution in [1.82, 2.24) is 15.0 Å². The number of pyridine rings is 1. The number of benzene rings is 1. The third kappa shape index (κ3) is 5.01. The molecule has 0 radical (unpaired) electrons. The number of hydrogen-bond acceptors (Lipinski definition) is 5. The van der Waals surface area contributed by atoms with Gasteiger partial charge in [0.1, 0.15) is 5.82 Å². The summed E-state index contributed by atoms with van der Waals surface area (Å²) in [5.41, 5.74) is 3.01. The molecule has 0 spiro atoms. The fourth-order valence-corrected chi connectivity index (χ4v) is 2.41. The zero-order chi connectivity index (χ0) is 17.7. The van der Waals surface area contributed by atoms with E-state index in [0.717, 1.165) is 22.6 Å². The summed E-state index contributed by atoms with van der Waals surface area (Å²) in [5, 5.41) is 6.74. The van der Waals surface area contributed by atoms with E-state index in [1.807, 2.05) is 36.4 Å². The van der Waals surface area contributed by atoms with Crippen molar-refractivity contribution < 1.29 is 0 Å². The molecule has 0 amide bonds. The van der Waals surface area contributed by atoms with Crippen LogP contribution in [0.25, 0.3) is 11.3 Å². The predicted octanol–water partition coefficient (Wildman–Crippen LogP) is 4.36. The fraction of sp³-hybridized carbons (Fsp3) is 0.250. The van der Waals surface area contributed by atoms with Crippen LogP contribution in [0.1, 0.15) is 26.3 Å². The molecule has 5 heteroatoms. The number of hydrogen-bond donors (Lipinski definition) is 2. The summed E-state index contributed by atoms with van der Waals surface area (Å²) in [7, 11) is 0. The van der Waals surface area contributed by atoms with Crippen LogP contribution in [0, 0.1) is 0 Å². The Hall–Kier alpha value is -2.95. The average molecular weight is 333 g/mol. The molecule has 1 aromatic carbocycles. The Bertz CT molecular complexity index is 810. The van der Waals surface area contributed by atoms with E-state index in [9.17, 15) is 0 Å². The lowest BCUT2D eigenvalue weighted by molar-refractivity contribution is 0.630. The Morgan fingerprint density at radius 2 is 1.64 bits per heavy atom. The van der Waals surface area contributed by atoms with Gasteiger partial charge in [0.15, 0.2) is 0 Å². The lowest BCUT2D eigenvalue weighted by Crippen LogP contribution is -2.27. The largest absolute Gasteiger partial charge is 0.365 e. The maximum Gasteiger partial charge on any atom is 0.225 e. The first-order valence-corrected chi connectivity index (χ1v) is 8.35. The molecule has 0 unspecified atom stereocenters. The summed E-state index contributed by atoms with van der Waals surface area (Å²) in [6.07, 6.45) is 3.57. The summed E-state index contributed by atoms with van der Waals surface area (Å²) < 4.78 is 0. The second-order valence-electron chi connectivity index (χ2n) is 6.91. The first-order valence-electron chi connectivity index (χ1n) is 8.35. The summed E-state index contributed by atoms with van der Waals surface area (Å²) in [4.78, 5) is 13.3. The van der Waals surface area contributed by atoms with Gasteiger partial charge in [0.05, 0.1) is 5.69 Å². The minimum atomic E-state index is -0.0787. The van der Waals surface area contributed by atoms with Crippen LogP contribution in [0.5, 0.6) is 0 Å². The van der Waals surface area contributed by atoms with Crippen LogP contribution in [-0.4, -0.2) is 20.5 Å². The van der Waals surface area contributed by atoms with Crippen LogP contribution in [-0.2, 0) is 6.54 Å². The van der Waals surface area contributed by atoms with Crippen molar-refractivity contribution in [2.45, 2.75) is 32.9 Å². The lowest BCUT2D eigenvalue weighted by Gasteiger charge is -2.22. The van der Waals surface area contributed by atoms with E-state index in [-0.39, 0.29) is 5.54 Å². The van der Waals surface area contributed by atoms with Crippen LogP contribution >= 0.6 is 0 Å². The number of aromatic nitrogens is 3. The normalized spacial score (nSPS) is 11.2.